The van der Waals surface area contributed by atoms with E-state index in [9.17, 15) is 4.79 Å². The molecule has 20 heavy (non-hydrogen) atoms. The quantitative estimate of drug-likeness (QED) is 0.834. The van der Waals surface area contributed by atoms with Gasteiger partial charge in [-0.3, -0.25) is 9.69 Å². The van der Waals surface area contributed by atoms with Crippen molar-refractivity contribution in [1.29, 1.82) is 0 Å². The lowest BCUT2D eigenvalue weighted by molar-refractivity contribution is -0.125. The van der Waals surface area contributed by atoms with E-state index in [-0.39, 0.29) is 11.9 Å². The second-order valence-electron chi connectivity index (χ2n) is 6.18. The van der Waals surface area contributed by atoms with Gasteiger partial charge in [-0.25, -0.2) is 4.68 Å². The molecule has 1 atom stereocenters. The highest BCUT2D eigenvalue weighted by Crippen LogP contribution is 2.35. The Labute approximate surface area is 117 Å². The average molecular weight is 276 g/mol. The maximum Gasteiger partial charge on any atom is 0.237 e. The Balaban J connectivity index is 1.43. The van der Waals surface area contributed by atoms with E-state index in [0.29, 0.717) is 18.6 Å². The molecular formula is C13H20N6O. The maximum atomic E-state index is 12.3. The van der Waals surface area contributed by atoms with Crippen molar-refractivity contribution in [3.63, 3.8) is 0 Å². The van der Waals surface area contributed by atoms with E-state index in [1.165, 1.54) is 12.8 Å². The van der Waals surface area contributed by atoms with Gasteiger partial charge in [0.2, 0.25) is 5.91 Å². The van der Waals surface area contributed by atoms with Gasteiger partial charge in [0.15, 0.2) is 5.82 Å². The van der Waals surface area contributed by atoms with E-state index >= 15 is 0 Å². The third-order valence-corrected chi connectivity index (χ3v) is 4.39. The molecule has 4 rings (SSSR count). The lowest BCUT2D eigenvalue weighted by Crippen LogP contribution is -2.44. The topological polar surface area (TPSA) is 75.9 Å². The maximum absolute atomic E-state index is 12.3. The van der Waals surface area contributed by atoms with E-state index in [0.717, 1.165) is 38.1 Å². The van der Waals surface area contributed by atoms with Crippen LogP contribution in [0.4, 0.5) is 0 Å². The summed E-state index contributed by atoms with van der Waals surface area (Å²) in [6.07, 6.45) is 6.64. The van der Waals surface area contributed by atoms with Crippen LogP contribution in [-0.2, 0) is 11.3 Å². The summed E-state index contributed by atoms with van der Waals surface area (Å²) in [7, 11) is 0. The smallest absolute Gasteiger partial charge is 0.237 e. The standard InChI is InChI=1S/C13H20N6O/c20-13(14-9-3-4-9)11-2-1-7-18(11)8-12-15-16-17-19(12)10-5-6-10/h9-11H,1-8H2,(H,14,20). The minimum Gasteiger partial charge on any atom is -0.352 e. The summed E-state index contributed by atoms with van der Waals surface area (Å²) >= 11 is 0. The van der Waals surface area contributed by atoms with Gasteiger partial charge in [0, 0.05) is 6.04 Å². The lowest BCUT2D eigenvalue weighted by atomic mass is 10.2. The van der Waals surface area contributed by atoms with Crippen LogP contribution in [0.3, 0.4) is 0 Å². The molecule has 0 spiro atoms. The molecule has 1 N–H and O–H groups in total. The second kappa shape index (κ2) is 4.80. The SMILES string of the molecule is O=C(NC1CC1)C1CCCN1Cc1nnnn1C1CC1. The summed E-state index contributed by atoms with van der Waals surface area (Å²) in [6, 6.07) is 0.919. The molecule has 1 saturated heterocycles. The molecule has 0 bridgehead atoms. The largest absolute Gasteiger partial charge is 0.352 e. The van der Waals surface area contributed by atoms with Crippen LogP contribution in [0, 0.1) is 0 Å². The fraction of sp³-hybridized carbons (Fsp3) is 0.846. The molecule has 2 aliphatic carbocycles. The highest BCUT2D eigenvalue weighted by molar-refractivity contribution is 5.82. The Morgan fingerprint density at radius 3 is 2.85 bits per heavy atom. The number of hydrogen-bond donors (Lipinski definition) is 1. The number of amides is 1. The Morgan fingerprint density at radius 2 is 2.10 bits per heavy atom. The molecule has 7 nitrogen and oxygen atoms in total. The summed E-state index contributed by atoms with van der Waals surface area (Å²) in [6.45, 7) is 1.65. The Morgan fingerprint density at radius 1 is 1.25 bits per heavy atom. The van der Waals surface area contributed by atoms with Crippen molar-refractivity contribution in [2.75, 3.05) is 6.54 Å². The zero-order valence-electron chi connectivity index (χ0n) is 11.5. The van der Waals surface area contributed by atoms with Gasteiger partial charge in [0.25, 0.3) is 0 Å². The predicted molar refractivity (Wildman–Crippen MR) is 70.7 cm³/mol. The Bertz CT molecular complexity index is 507. The van der Waals surface area contributed by atoms with Crippen LogP contribution in [0.5, 0.6) is 0 Å². The molecule has 1 aliphatic heterocycles. The van der Waals surface area contributed by atoms with Crippen molar-refractivity contribution in [3.05, 3.63) is 5.82 Å². The third kappa shape index (κ3) is 2.42. The number of likely N-dealkylation sites (tertiary alicyclic amines) is 1. The number of nitrogens with one attached hydrogen (secondary N) is 1. The van der Waals surface area contributed by atoms with Crippen LogP contribution in [0.15, 0.2) is 0 Å². The zero-order chi connectivity index (χ0) is 13.5. The van der Waals surface area contributed by atoms with Crippen LogP contribution in [0.1, 0.15) is 50.4 Å². The molecule has 3 fully saturated rings. The molecule has 2 saturated carbocycles. The highest BCUT2D eigenvalue weighted by atomic mass is 16.2. The normalized spacial score (nSPS) is 26.9. The van der Waals surface area contributed by atoms with E-state index in [2.05, 4.69) is 25.7 Å². The molecular weight excluding hydrogens is 256 g/mol. The van der Waals surface area contributed by atoms with Gasteiger partial charge in [-0.1, -0.05) is 0 Å². The van der Waals surface area contributed by atoms with Crippen LogP contribution < -0.4 is 5.32 Å². The summed E-state index contributed by atoms with van der Waals surface area (Å²) in [5, 5.41) is 15.1. The predicted octanol–water partition coefficient (Wildman–Crippen LogP) is 0.251. The summed E-state index contributed by atoms with van der Waals surface area (Å²) in [5.74, 6) is 1.09. The number of carbonyl (C=O) groups is 1. The van der Waals surface area contributed by atoms with Crippen LogP contribution in [-0.4, -0.2) is 49.6 Å². The number of hydrogen-bond acceptors (Lipinski definition) is 5. The molecule has 2 heterocycles. The number of nitrogens with zero attached hydrogens (tertiary/aromatic N) is 5. The summed E-state index contributed by atoms with van der Waals surface area (Å²) < 4.78 is 1.94. The fourth-order valence-electron chi connectivity index (χ4n) is 2.94. The number of carbonyl (C=O) groups excluding carboxylic acids is 1. The van der Waals surface area contributed by atoms with Gasteiger partial charge in [-0.2, -0.15) is 0 Å². The molecule has 1 amide bonds. The fourth-order valence-corrected chi connectivity index (χ4v) is 2.94. The second-order valence-corrected chi connectivity index (χ2v) is 6.18. The van der Waals surface area contributed by atoms with Crippen molar-refractivity contribution < 1.29 is 4.79 Å². The van der Waals surface area contributed by atoms with E-state index in [1.54, 1.807) is 0 Å². The van der Waals surface area contributed by atoms with Crippen molar-refractivity contribution in [2.24, 2.45) is 0 Å². The molecule has 7 heteroatoms. The lowest BCUT2D eigenvalue weighted by Gasteiger charge is -2.23. The molecule has 108 valence electrons. The van der Waals surface area contributed by atoms with Crippen molar-refractivity contribution >= 4 is 5.91 Å². The number of aromatic nitrogens is 4. The third-order valence-electron chi connectivity index (χ3n) is 4.39. The van der Waals surface area contributed by atoms with E-state index in [4.69, 9.17) is 0 Å². The van der Waals surface area contributed by atoms with Crippen LogP contribution in [0.2, 0.25) is 0 Å². The first-order valence-electron chi connectivity index (χ1n) is 7.62. The first-order valence-corrected chi connectivity index (χ1v) is 7.62. The monoisotopic (exact) mass is 276 g/mol. The van der Waals surface area contributed by atoms with Gasteiger partial charge in [-0.05, 0) is 55.5 Å². The van der Waals surface area contributed by atoms with Crippen molar-refractivity contribution in [2.45, 2.75) is 63.2 Å². The average Bonchev–Trinajstić information content (AvgIpc) is 3.35. The number of rotatable bonds is 5. The Kier molecular flexibility index (Phi) is 2.94. The first-order chi connectivity index (χ1) is 9.81. The van der Waals surface area contributed by atoms with Gasteiger partial charge in [0.1, 0.15) is 0 Å². The van der Waals surface area contributed by atoms with Gasteiger partial charge in [0.05, 0.1) is 18.6 Å². The molecule has 1 aromatic rings. The van der Waals surface area contributed by atoms with E-state index < -0.39 is 0 Å². The van der Waals surface area contributed by atoms with Crippen LogP contribution in [0.25, 0.3) is 0 Å². The minimum atomic E-state index is -0.0000435. The molecule has 1 unspecified atom stereocenters. The molecule has 0 radical (unpaired) electrons. The molecule has 3 aliphatic rings. The van der Waals surface area contributed by atoms with E-state index in [1.807, 2.05) is 4.68 Å². The first kappa shape index (κ1) is 12.3. The molecule has 0 aromatic carbocycles. The van der Waals surface area contributed by atoms with Gasteiger partial charge < -0.3 is 5.32 Å². The van der Waals surface area contributed by atoms with Gasteiger partial charge in [-0.15, -0.1) is 5.10 Å². The Hall–Kier alpha value is -1.50. The van der Waals surface area contributed by atoms with Crippen LogP contribution >= 0.6 is 0 Å². The van der Waals surface area contributed by atoms with Crippen molar-refractivity contribution in [3.8, 4) is 0 Å². The zero-order valence-corrected chi connectivity index (χ0v) is 11.5. The summed E-state index contributed by atoms with van der Waals surface area (Å²) in [4.78, 5) is 14.5. The molecule has 1 aromatic heterocycles. The van der Waals surface area contributed by atoms with Gasteiger partial charge >= 0.3 is 0 Å². The summed E-state index contributed by atoms with van der Waals surface area (Å²) in [5.41, 5.74) is 0. The van der Waals surface area contributed by atoms with Crippen molar-refractivity contribution in [1.82, 2.24) is 30.4 Å². The minimum absolute atomic E-state index is 0.0000435. The highest BCUT2D eigenvalue weighted by Gasteiger charge is 2.35. The number of tetrazole rings is 1.